The molecule has 0 unspecified atom stereocenters. The number of ether oxygens (including phenoxy) is 1. The van der Waals surface area contributed by atoms with Crippen molar-refractivity contribution in [1.29, 1.82) is 0 Å². The number of benzene rings is 1. The normalized spacial score (nSPS) is 9.95. The van der Waals surface area contributed by atoms with Gasteiger partial charge in [-0.05, 0) is 12.1 Å². The zero-order chi connectivity index (χ0) is 13.7. The molecule has 2 aromatic rings. The second-order valence-corrected chi connectivity index (χ2v) is 3.61. The molecule has 0 aliphatic carbocycles. The van der Waals surface area contributed by atoms with Crippen LogP contribution in [0.25, 0.3) is 11.5 Å². The molecule has 0 saturated carbocycles. The van der Waals surface area contributed by atoms with E-state index in [1.807, 2.05) is 18.2 Å². The molecule has 0 fully saturated rings. The fraction of sp³-hybridized carbons (Fsp3) is 0.167. The van der Waals surface area contributed by atoms with Gasteiger partial charge in [0.2, 0.25) is 5.89 Å². The molecule has 0 atom stereocenters. The van der Waals surface area contributed by atoms with Crippen LogP contribution in [0.5, 0.6) is 0 Å². The largest absolute Gasteiger partial charge is 0.456 e. The Labute approximate surface area is 108 Å². The minimum atomic E-state index is -0.543. The van der Waals surface area contributed by atoms with Crippen molar-refractivity contribution in [2.24, 2.45) is 0 Å². The van der Waals surface area contributed by atoms with E-state index >= 15 is 0 Å². The molecule has 2 rings (SSSR count). The van der Waals surface area contributed by atoms with E-state index in [0.29, 0.717) is 5.89 Å². The standard InChI is InChI=1S/C12H11N3O4/c1-8(16)18-7-10(17)13-12-15-14-11(19-12)9-5-3-2-4-6-9/h2-6H,7H2,1H3,(H,13,15,17). The number of nitrogens with zero attached hydrogens (tertiary/aromatic N) is 2. The molecule has 1 N–H and O–H groups in total. The molecule has 0 bridgehead atoms. The summed E-state index contributed by atoms with van der Waals surface area (Å²) < 4.78 is 9.78. The summed E-state index contributed by atoms with van der Waals surface area (Å²) in [6.45, 7) is 0.825. The van der Waals surface area contributed by atoms with Crippen LogP contribution in [-0.4, -0.2) is 28.7 Å². The topological polar surface area (TPSA) is 94.3 Å². The molecule has 0 aliphatic rings. The van der Waals surface area contributed by atoms with Crippen molar-refractivity contribution in [1.82, 2.24) is 10.2 Å². The molecule has 0 radical (unpaired) electrons. The average Bonchev–Trinajstić information content (AvgIpc) is 2.86. The Kier molecular flexibility index (Phi) is 3.87. The molecular weight excluding hydrogens is 250 g/mol. The summed E-state index contributed by atoms with van der Waals surface area (Å²) in [5, 5.41) is 9.80. The zero-order valence-corrected chi connectivity index (χ0v) is 10.1. The number of aromatic nitrogens is 2. The minimum absolute atomic E-state index is 0.0454. The number of rotatable bonds is 4. The first-order valence-corrected chi connectivity index (χ1v) is 5.47. The molecule has 0 aliphatic heterocycles. The molecule has 19 heavy (non-hydrogen) atoms. The second-order valence-electron chi connectivity index (χ2n) is 3.61. The Balaban J connectivity index is 1.98. The highest BCUT2D eigenvalue weighted by atomic mass is 16.5. The van der Waals surface area contributed by atoms with Crippen LogP contribution in [-0.2, 0) is 14.3 Å². The summed E-state index contributed by atoms with van der Waals surface area (Å²) in [5.74, 6) is -0.785. The fourth-order valence-corrected chi connectivity index (χ4v) is 1.29. The average molecular weight is 261 g/mol. The third-order valence-corrected chi connectivity index (χ3v) is 2.10. The van der Waals surface area contributed by atoms with Crippen LogP contribution in [0.1, 0.15) is 6.92 Å². The smallest absolute Gasteiger partial charge is 0.322 e. The SMILES string of the molecule is CC(=O)OCC(=O)Nc1nnc(-c2ccccc2)o1. The predicted molar refractivity (Wildman–Crippen MR) is 65.0 cm³/mol. The molecular formula is C12H11N3O4. The van der Waals surface area contributed by atoms with E-state index in [2.05, 4.69) is 20.3 Å². The van der Waals surface area contributed by atoms with Gasteiger partial charge in [-0.3, -0.25) is 14.9 Å². The Hall–Kier alpha value is -2.70. The van der Waals surface area contributed by atoms with Gasteiger partial charge in [0.05, 0.1) is 0 Å². The van der Waals surface area contributed by atoms with Crippen LogP contribution in [0, 0.1) is 0 Å². The highest BCUT2D eigenvalue weighted by molar-refractivity contribution is 5.90. The van der Waals surface area contributed by atoms with Crippen LogP contribution in [0.15, 0.2) is 34.7 Å². The molecule has 0 spiro atoms. The Morgan fingerprint density at radius 2 is 2.00 bits per heavy atom. The lowest BCUT2D eigenvalue weighted by Crippen LogP contribution is -2.19. The Bertz CT molecular complexity index is 580. The first kappa shape index (κ1) is 12.7. The van der Waals surface area contributed by atoms with E-state index in [4.69, 9.17) is 4.42 Å². The maximum Gasteiger partial charge on any atom is 0.322 e. The maximum atomic E-state index is 11.3. The highest BCUT2D eigenvalue weighted by Crippen LogP contribution is 2.18. The van der Waals surface area contributed by atoms with Crippen LogP contribution in [0.3, 0.4) is 0 Å². The number of anilines is 1. The van der Waals surface area contributed by atoms with Gasteiger partial charge in [0.25, 0.3) is 5.91 Å². The van der Waals surface area contributed by atoms with Crippen molar-refractivity contribution in [2.45, 2.75) is 6.92 Å². The van der Waals surface area contributed by atoms with Gasteiger partial charge in [-0.15, -0.1) is 5.10 Å². The van der Waals surface area contributed by atoms with Crippen molar-refractivity contribution in [3.8, 4) is 11.5 Å². The van der Waals surface area contributed by atoms with Gasteiger partial charge >= 0.3 is 12.0 Å². The number of esters is 1. The summed E-state index contributed by atoms with van der Waals surface area (Å²) in [5.41, 5.74) is 0.746. The summed E-state index contributed by atoms with van der Waals surface area (Å²) in [6.07, 6.45) is 0. The predicted octanol–water partition coefficient (Wildman–Crippen LogP) is 1.24. The minimum Gasteiger partial charge on any atom is -0.456 e. The first-order valence-electron chi connectivity index (χ1n) is 5.47. The third-order valence-electron chi connectivity index (χ3n) is 2.10. The zero-order valence-electron chi connectivity index (χ0n) is 10.1. The van der Waals surface area contributed by atoms with Gasteiger partial charge in [0.15, 0.2) is 6.61 Å². The molecule has 1 amide bonds. The molecule has 1 aromatic carbocycles. The van der Waals surface area contributed by atoms with E-state index in [1.54, 1.807) is 12.1 Å². The highest BCUT2D eigenvalue weighted by Gasteiger charge is 2.11. The summed E-state index contributed by atoms with van der Waals surface area (Å²) in [4.78, 5) is 21.9. The van der Waals surface area contributed by atoms with Crippen LogP contribution in [0.4, 0.5) is 6.01 Å². The fourth-order valence-electron chi connectivity index (χ4n) is 1.29. The molecule has 98 valence electrons. The van der Waals surface area contributed by atoms with Crippen molar-refractivity contribution >= 4 is 17.9 Å². The molecule has 1 aromatic heterocycles. The number of amides is 1. The molecule has 1 heterocycles. The summed E-state index contributed by atoms with van der Waals surface area (Å²) in [7, 11) is 0. The van der Waals surface area contributed by atoms with Gasteiger partial charge in [0.1, 0.15) is 0 Å². The summed E-state index contributed by atoms with van der Waals surface area (Å²) >= 11 is 0. The van der Waals surface area contributed by atoms with E-state index in [-0.39, 0.29) is 6.01 Å². The number of carbonyl (C=O) groups excluding carboxylic acids is 2. The number of hydrogen-bond acceptors (Lipinski definition) is 6. The van der Waals surface area contributed by atoms with Gasteiger partial charge in [0, 0.05) is 12.5 Å². The van der Waals surface area contributed by atoms with Crippen LogP contribution < -0.4 is 5.32 Å². The van der Waals surface area contributed by atoms with Crippen molar-refractivity contribution < 1.29 is 18.7 Å². The van der Waals surface area contributed by atoms with Crippen molar-refractivity contribution in [3.63, 3.8) is 0 Å². The van der Waals surface area contributed by atoms with Gasteiger partial charge < -0.3 is 9.15 Å². The van der Waals surface area contributed by atoms with Crippen molar-refractivity contribution in [2.75, 3.05) is 11.9 Å². The molecule has 7 nitrogen and oxygen atoms in total. The van der Waals surface area contributed by atoms with E-state index in [0.717, 1.165) is 5.56 Å². The summed E-state index contributed by atoms with van der Waals surface area (Å²) in [6, 6.07) is 9.09. The quantitative estimate of drug-likeness (QED) is 0.832. The Morgan fingerprint density at radius 3 is 2.68 bits per heavy atom. The van der Waals surface area contributed by atoms with E-state index in [1.165, 1.54) is 6.92 Å². The number of hydrogen-bond donors (Lipinski definition) is 1. The van der Waals surface area contributed by atoms with Crippen LogP contribution in [0.2, 0.25) is 0 Å². The molecule has 0 saturated heterocycles. The van der Waals surface area contributed by atoms with Crippen molar-refractivity contribution in [3.05, 3.63) is 30.3 Å². The Morgan fingerprint density at radius 1 is 1.26 bits per heavy atom. The number of carbonyl (C=O) groups is 2. The lowest BCUT2D eigenvalue weighted by Gasteiger charge is -2.00. The van der Waals surface area contributed by atoms with E-state index < -0.39 is 18.5 Å². The lowest BCUT2D eigenvalue weighted by atomic mass is 10.2. The van der Waals surface area contributed by atoms with E-state index in [9.17, 15) is 9.59 Å². The molecule has 7 heteroatoms. The number of nitrogens with one attached hydrogen (secondary N) is 1. The third kappa shape index (κ3) is 3.63. The van der Waals surface area contributed by atoms with Gasteiger partial charge in [-0.25, -0.2) is 0 Å². The monoisotopic (exact) mass is 261 g/mol. The second kappa shape index (κ2) is 5.76. The lowest BCUT2D eigenvalue weighted by molar-refractivity contribution is -0.145. The van der Waals surface area contributed by atoms with Gasteiger partial charge in [-0.2, -0.15) is 0 Å². The maximum absolute atomic E-state index is 11.3. The van der Waals surface area contributed by atoms with Crippen LogP contribution >= 0.6 is 0 Å². The first-order chi connectivity index (χ1) is 9.15. The van der Waals surface area contributed by atoms with Gasteiger partial charge in [-0.1, -0.05) is 23.3 Å².